The summed E-state index contributed by atoms with van der Waals surface area (Å²) in [7, 11) is 0. The molecule has 0 atom stereocenters. The van der Waals surface area contributed by atoms with Gasteiger partial charge in [0, 0.05) is 22.4 Å². The van der Waals surface area contributed by atoms with Crippen LogP contribution in [0.25, 0.3) is 11.2 Å². The number of amides is 1. The Balaban J connectivity index is 1.41. The molecule has 4 rings (SSSR count). The van der Waals surface area contributed by atoms with Gasteiger partial charge in [-0.1, -0.05) is 18.2 Å². The molecule has 1 aliphatic rings. The lowest BCUT2D eigenvalue weighted by Crippen LogP contribution is -2.17. The molecule has 13 heteroatoms. The van der Waals surface area contributed by atoms with Crippen molar-refractivity contribution >= 4 is 50.6 Å². The van der Waals surface area contributed by atoms with Gasteiger partial charge in [0.25, 0.3) is 0 Å². The van der Waals surface area contributed by atoms with Gasteiger partial charge in [-0.3, -0.25) is 10.0 Å². The molecule has 2 aromatic heterocycles. The third-order valence-electron chi connectivity index (χ3n) is 4.93. The number of carbonyl (C=O) groups is 1. The zero-order chi connectivity index (χ0) is 23.2. The number of ether oxygens (including phenoxy) is 3. The first-order valence-corrected chi connectivity index (χ1v) is 11.9. The van der Waals surface area contributed by atoms with Gasteiger partial charge in [0.1, 0.15) is 6.33 Å². The zero-order valence-electron chi connectivity index (χ0n) is 17.6. The highest BCUT2D eigenvalue weighted by Gasteiger charge is 2.20. The number of benzene rings is 1. The Hall–Kier alpha value is -2.61. The van der Waals surface area contributed by atoms with Crippen LogP contribution in [0, 0.1) is 0 Å². The summed E-state index contributed by atoms with van der Waals surface area (Å²) in [6.07, 6.45) is 4.08. The molecule has 176 valence electrons. The van der Waals surface area contributed by atoms with E-state index >= 15 is 0 Å². The number of nitrogens with one attached hydrogen (secondary N) is 1. The van der Waals surface area contributed by atoms with Crippen molar-refractivity contribution in [3.05, 3.63) is 22.9 Å². The number of nitrogens with zero attached hydrogens (tertiary/aromatic N) is 4. The molecular formula is C20H23BrN6O5S. The number of hydrogen-bond acceptors (Lipinski definition) is 10. The fourth-order valence-electron chi connectivity index (χ4n) is 3.27. The van der Waals surface area contributed by atoms with Crippen molar-refractivity contribution in [2.24, 2.45) is 0 Å². The average Bonchev–Trinajstić information content (AvgIpc) is 3.40. The first-order chi connectivity index (χ1) is 16.1. The highest BCUT2D eigenvalue weighted by Crippen LogP contribution is 2.43. The van der Waals surface area contributed by atoms with Crippen molar-refractivity contribution < 1.29 is 24.2 Å². The fraction of sp³-hybridized carbons (Fsp3) is 0.400. The molecule has 1 amide bonds. The minimum Gasteiger partial charge on any atom is -0.454 e. The average molecular weight is 539 g/mol. The predicted molar refractivity (Wildman–Crippen MR) is 123 cm³/mol. The van der Waals surface area contributed by atoms with Crippen LogP contribution in [-0.4, -0.2) is 50.6 Å². The van der Waals surface area contributed by atoms with E-state index in [1.54, 1.807) is 5.48 Å². The van der Waals surface area contributed by atoms with E-state index in [0.29, 0.717) is 66.2 Å². The lowest BCUT2D eigenvalue weighted by Gasteiger charge is -2.10. The highest BCUT2D eigenvalue weighted by molar-refractivity contribution is 9.10. The van der Waals surface area contributed by atoms with Crippen LogP contribution in [0.1, 0.15) is 25.7 Å². The maximum atomic E-state index is 11.0. The van der Waals surface area contributed by atoms with Gasteiger partial charge in [0.15, 0.2) is 33.6 Å². The van der Waals surface area contributed by atoms with Crippen molar-refractivity contribution in [1.29, 1.82) is 0 Å². The van der Waals surface area contributed by atoms with Crippen LogP contribution < -0.4 is 20.7 Å². The summed E-state index contributed by atoms with van der Waals surface area (Å²) in [5.74, 6) is 1.32. The second kappa shape index (κ2) is 11.0. The molecule has 0 radical (unpaired) electrons. The van der Waals surface area contributed by atoms with Gasteiger partial charge in [-0.25, -0.2) is 20.4 Å². The molecule has 11 nitrogen and oxygen atoms in total. The van der Waals surface area contributed by atoms with E-state index in [1.807, 2.05) is 16.7 Å². The molecular weight excluding hydrogens is 516 g/mol. The smallest absolute Gasteiger partial charge is 0.243 e. The Morgan fingerprint density at radius 1 is 1.24 bits per heavy atom. The van der Waals surface area contributed by atoms with Crippen LogP contribution in [0.5, 0.6) is 11.5 Å². The molecule has 1 aromatic carbocycles. The van der Waals surface area contributed by atoms with Crippen molar-refractivity contribution in [2.45, 2.75) is 42.3 Å². The fourth-order valence-corrected chi connectivity index (χ4v) is 4.78. The van der Waals surface area contributed by atoms with Gasteiger partial charge in [-0.05, 0) is 40.9 Å². The topological polar surface area (TPSA) is 147 Å². The maximum Gasteiger partial charge on any atom is 0.243 e. The normalized spacial score (nSPS) is 12.4. The number of rotatable bonds is 11. The number of nitrogens with two attached hydrogens (primary N) is 1. The van der Waals surface area contributed by atoms with E-state index in [9.17, 15) is 4.79 Å². The minimum absolute atomic E-state index is 0.201. The van der Waals surface area contributed by atoms with E-state index in [2.05, 4.69) is 30.9 Å². The number of aromatic nitrogens is 4. The van der Waals surface area contributed by atoms with Gasteiger partial charge in [0.2, 0.25) is 12.7 Å². The van der Waals surface area contributed by atoms with Crippen molar-refractivity contribution in [3.8, 4) is 11.5 Å². The van der Waals surface area contributed by atoms with Gasteiger partial charge >= 0.3 is 0 Å². The maximum absolute atomic E-state index is 11.0. The molecule has 1 aliphatic heterocycles. The summed E-state index contributed by atoms with van der Waals surface area (Å²) in [6.45, 7) is 1.76. The second-order valence-electron chi connectivity index (χ2n) is 7.17. The molecule has 0 unspecified atom stereocenters. The standard InChI is InChI=1S/C20H23BrN6O5S/c21-12-8-13-14(32-11-31-13)9-15(12)33-20-25-17-18(22)23-10-24-19(17)27(20)5-7-30-6-3-1-2-4-16(28)26-29/h8-10,29H,1-7,11H2,(H,26,28)(H2,22,23,24). The molecule has 3 aromatic rings. The quantitative estimate of drug-likeness (QED) is 0.189. The molecule has 4 N–H and O–H groups in total. The summed E-state index contributed by atoms with van der Waals surface area (Å²) in [5.41, 5.74) is 8.84. The summed E-state index contributed by atoms with van der Waals surface area (Å²) in [6, 6.07) is 3.78. The van der Waals surface area contributed by atoms with Crippen LogP contribution in [0.2, 0.25) is 0 Å². The van der Waals surface area contributed by atoms with Crippen molar-refractivity contribution in [1.82, 2.24) is 25.0 Å². The van der Waals surface area contributed by atoms with Gasteiger partial charge in [0.05, 0.1) is 13.2 Å². The van der Waals surface area contributed by atoms with E-state index in [-0.39, 0.29) is 12.7 Å². The lowest BCUT2D eigenvalue weighted by atomic mass is 10.2. The number of nitrogen functional groups attached to an aromatic ring is 1. The Bertz CT molecular complexity index is 1140. The summed E-state index contributed by atoms with van der Waals surface area (Å²) >= 11 is 5.04. The number of unbranched alkanes of at least 4 members (excludes halogenated alkanes) is 2. The van der Waals surface area contributed by atoms with Gasteiger partial charge in [-0.15, -0.1) is 0 Å². The molecule has 3 heterocycles. The van der Waals surface area contributed by atoms with E-state index in [0.717, 1.165) is 22.2 Å². The SMILES string of the molecule is Nc1ncnc2c1nc(Sc1cc3c(cc1Br)OCO3)n2CCOCCCCCC(=O)NO. The molecule has 0 spiro atoms. The number of fused-ring (bicyclic) bond motifs is 2. The van der Waals surface area contributed by atoms with Crippen LogP contribution >= 0.6 is 27.7 Å². The number of carbonyl (C=O) groups excluding carboxylic acids is 1. The monoisotopic (exact) mass is 538 g/mol. The van der Waals surface area contributed by atoms with Crippen LogP contribution in [0.15, 0.2) is 33.0 Å². The predicted octanol–water partition coefficient (Wildman–Crippen LogP) is 3.13. The number of hydroxylamine groups is 1. The summed E-state index contributed by atoms with van der Waals surface area (Å²) in [4.78, 5) is 25.0. The lowest BCUT2D eigenvalue weighted by molar-refractivity contribution is -0.129. The number of anilines is 1. The Kier molecular flexibility index (Phi) is 7.85. The van der Waals surface area contributed by atoms with Gasteiger partial charge in [-0.2, -0.15) is 0 Å². The molecule has 0 bridgehead atoms. The molecule has 0 saturated carbocycles. The Morgan fingerprint density at radius 2 is 2.06 bits per heavy atom. The van der Waals surface area contributed by atoms with E-state index in [1.165, 1.54) is 18.1 Å². The van der Waals surface area contributed by atoms with E-state index in [4.69, 9.17) is 25.2 Å². The summed E-state index contributed by atoms with van der Waals surface area (Å²) in [5, 5.41) is 9.20. The number of halogens is 1. The van der Waals surface area contributed by atoms with Crippen molar-refractivity contribution in [3.63, 3.8) is 0 Å². The van der Waals surface area contributed by atoms with Crippen LogP contribution in [-0.2, 0) is 16.1 Å². The third kappa shape index (κ3) is 5.66. The highest BCUT2D eigenvalue weighted by atomic mass is 79.9. The third-order valence-corrected chi connectivity index (χ3v) is 6.90. The number of imidazole rings is 1. The van der Waals surface area contributed by atoms with Crippen LogP contribution in [0.4, 0.5) is 5.82 Å². The molecule has 0 saturated heterocycles. The molecule has 33 heavy (non-hydrogen) atoms. The number of hydrogen-bond donors (Lipinski definition) is 3. The van der Waals surface area contributed by atoms with Crippen LogP contribution in [0.3, 0.4) is 0 Å². The first-order valence-electron chi connectivity index (χ1n) is 10.3. The van der Waals surface area contributed by atoms with Crippen molar-refractivity contribution in [2.75, 3.05) is 25.7 Å². The Morgan fingerprint density at radius 3 is 2.88 bits per heavy atom. The summed E-state index contributed by atoms with van der Waals surface area (Å²) < 4.78 is 19.5. The molecule has 0 fully saturated rings. The Labute approximate surface area is 202 Å². The van der Waals surface area contributed by atoms with E-state index < -0.39 is 0 Å². The zero-order valence-corrected chi connectivity index (χ0v) is 20.0. The molecule has 0 aliphatic carbocycles. The largest absolute Gasteiger partial charge is 0.454 e. The van der Waals surface area contributed by atoms with Gasteiger partial charge < -0.3 is 24.5 Å². The first kappa shape index (κ1) is 23.5. The minimum atomic E-state index is -0.372. The second-order valence-corrected chi connectivity index (χ2v) is 9.04.